The van der Waals surface area contributed by atoms with Gasteiger partial charge in [-0.25, -0.2) is 4.79 Å². The quantitative estimate of drug-likeness (QED) is 0.300. The van der Waals surface area contributed by atoms with E-state index in [1.165, 1.54) is 19.1 Å². The molecule has 0 bridgehead atoms. The van der Waals surface area contributed by atoms with Crippen LogP contribution in [-0.2, 0) is 30.2 Å². The van der Waals surface area contributed by atoms with E-state index in [0.717, 1.165) is 5.56 Å². The molecule has 0 fully saturated rings. The molecule has 0 saturated carbocycles. The molecule has 0 radical (unpaired) electrons. The average Bonchev–Trinajstić information content (AvgIpc) is 2.66. The number of ether oxygens (including phenoxy) is 3. The average molecular weight is 393 g/mol. The molecule has 1 unspecified atom stereocenters. The molecule has 0 aromatic heterocycles. The predicted molar refractivity (Wildman–Crippen MR) is 101 cm³/mol. The van der Waals surface area contributed by atoms with Crippen LogP contribution in [0.2, 0.25) is 0 Å². The molecular weight excluding hydrogens is 366 g/mol. The van der Waals surface area contributed by atoms with E-state index in [2.05, 4.69) is 10.1 Å². The van der Waals surface area contributed by atoms with Gasteiger partial charge in [-0.1, -0.05) is 44.2 Å². The largest absolute Gasteiger partial charge is 0.468 e. The number of amides is 1. The summed E-state index contributed by atoms with van der Waals surface area (Å²) in [5.74, 6) is -1.69. The van der Waals surface area contributed by atoms with Gasteiger partial charge >= 0.3 is 18.0 Å². The monoisotopic (exact) mass is 393 g/mol. The Kier molecular flexibility index (Phi) is 9.49. The van der Waals surface area contributed by atoms with Gasteiger partial charge in [0.2, 0.25) is 5.96 Å². The summed E-state index contributed by atoms with van der Waals surface area (Å²) in [6.45, 7) is 3.26. The third kappa shape index (κ3) is 8.52. The minimum absolute atomic E-state index is 0.149. The van der Waals surface area contributed by atoms with E-state index >= 15 is 0 Å². The van der Waals surface area contributed by atoms with Crippen molar-refractivity contribution in [3.8, 4) is 0 Å². The van der Waals surface area contributed by atoms with E-state index in [4.69, 9.17) is 14.9 Å². The van der Waals surface area contributed by atoms with Gasteiger partial charge in [-0.05, 0) is 12.0 Å². The molecule has 0 aliphatic rings. The molecule has 28 heavy (non-hydrogen) atoms. The summed E-state index contributed by atoms with van der Waals surface area (Å²) in [6, 6.07) is 9.48. The molecular formula is C19H27N3O6. The molecule has 0 saturated heterocycles. The molecule has 1 amide bonds. The first kappa shape index (κ1) is 22.9. The number of rotatable bonds is 8. The Bertz CT molecular complexity index is 678. The highest BCUT2D eigenvalue weighted by Crippen LogP contribution is 2.11. The maximum atomic E-state index is 12.1. The standard InChI is InChI=1S/C19H27N3O6/c1-13(2)17(27-15(23)11-10-14-8-6-5-7-9-14)28-19(25)21-18(20)22(3)12-16(24)26-4/h5-9,13,17H,10-12H2,1-4H3,(H2,20,21,25). The number of guanidine groups is 1. The predicted octanol–water partition coefficient (Wildman–Crippen LogP) is 1.91. The van der Waals surface area contributed by atoms with Crippen molar-refractivity contribution in [2.75, 3.05) is 20.7 Å². The number of hydrogen-bond acceptors (Lipinski definition) is 7. The molecule has 1 aromatic carbocycles. The first-order valence-electron chi connectivity index (χ1n) is 8.80. The Morgan fingerprint density at radius 2 is 1.75 bits per heavy atom. The van der Waals surface area contributed by atoms with Gasteiger partial charge in [0.05, 0.1) is 7.11 Å². The van der Waals surface area contributed by atoms with Crippen molar-refractivity contribution in [1.82, 2.24) is 10.2 Å². The second kappa shape index (κ2) is 11.6. The Morgan fingerprint density at radius 1 is 1.11 bits per heavy atom. The number of esters is 2. The van der Waals surface area contributed by atoms with Crippen molar-refractivity contribution in [3.63, 3.8) is 0 Å². The van der Waals surface area contributed by atoms with E-state index in [1.54, 1.807) is 13.8 Å². The maximum Gasteiger partial charge on any atom is 0.417 e. The van der Waals surface area contributed by atoms with Crippen molar-refractivity contribution >= 4 is 24.0 Å². The number of carbonyl (C=O) groups is 3. The smallest absolute Gasteiger partial charge is 0.417 e. The van der Waals surface area contributed by atoms with E-state index in [0.29, 0.717) is 6.42 Å². The number of likely N-dealkylation sites (N-methyl/N-ethyl adjacent to an activating group) is 1. The summed E-state index contributed by atoms with van der Waals surface area (Å²) in [6.07, 6.45) is -1.39. The zero-order valence-electron chi connectivity index (χ0n) is 16.6. The first-order valence-corrected chi connectivity index (χ1v) is 8.80. The van der Waals surface area contributed by atoms with Gasteiger partial charge < -0.3 is 19.1 Å². The van der Waals surface area contributed by atoms with Crippen LogP contribution in [0, 0.1) is 11.3 Å². The summed E-state index contributed by atoms with van der Waals surface area (Å²) in [5, 5.41) is 9.92. The fourth-order valence-corrected chi connectivity index (χ4v) is 2.04. The molecule has 154 valence electrons. The molecule has 9 nitrogen and oxygen atoms in total. The minimum atomic E-state index is -1.10. The van der Waals surface area contributed by atoms with Gasteiger partial charge in [-0.2, -0.15) is 0 Å². The van der Waals surface area contributed by atoms with Crippen molar-refractivity contribution < 1.29 is 28.6 Å². The van der Waals surface area contributed by atoms with Crippen molar-refractivity contribution in [2.24, 2.45) is 5.92 Å². The van der Waals surface area contributed by atoms with E-state index in [9.17, 15) is 14.4 Å². The summed E-state index contributed by atoms with van der Waals surface area (Å²) in [5.41, 5.74) is 1.00. The van der Waals surface area contributed by atoms with E-state index < -0.39 is 24.3 Å². The maximum absolute atomic E-state index is 12.1. The van der Waals surface area contributed by atoms with Gasteiger partial charge in [0.15, 0.2) is 0 Å². The molecule has 0 aliphatic carbocycles. The number of methoxy groups -OCH3 is 1. The second-order valence-electron chi connectivity index (χ2n) is 6.40. The lowest BCUT2D eigenvalue weighted by Gasteiger charge is -2.23. The van der Waals surface area contributed by atoms with Crippen LogP contribution in [0.25, 0.3) is 0 Å². The van der Waals surface area contributed by atoms with E-state index in [1.807, 2.05) is 30.3 Å². The molecule has 2 N–H and O–H groups in total. The second-order valence-corrected chi connectivity index (χ2v) is 6.40. The lowest BCUT2D eigenvalue weighted by molar-refractivity contribution is -0.174. The van der Waals surface area contributed by atoms with E-state index in [-0.39, 0.29) is 24.8 Å². The lowest BCUT2D eigenvalue weighted by atomic mass is 10.1. The normalized spacial score (nSPS) is 11.3. The first-order chi connectivity index (χ1) is 13.2. The number of alkyl carbamates (subject to hydrolysis) is 1. The Morgan fingerprint density at radius 3 is 2.32 bits per heavy atom. The zero-order valence-corrected chi connectivity index (χ0v) is 16.6. The molecule has 1 aromatic rings. The summed E-state index contributed by atoms with van der Waals surface area (Å²) >= 11 is 0. The highest BCUT2D eigenvalue weighted by atomic mass is 16.7. The number of benzene rings is 1. The fraction of sp³-hybridized carbons (Fsp3) is 0.474. The highest BCUT2D eigenvalue weighted by Gasteiger charge is 2.24. The lowest BCUT2D eigenvalue weighted by Crippen LogP contribution is -2.45. The van der Waals surface area contributed by atoms with Crippen molar-refractivity contribution in [3.05, 3.63) is 35.9 Å². The van der Waals surface area contributed by atoms with Gasteiger partial charge in [-0.15, -0.1) is 0 Å². The van der Waals surface area contributed by atoms with Crippen molar-refractivity contribution in [2.45, 2.75) is 33.0 Å². The fourth-order valence-electron chi connectivity index (χ4n) is 2.04. The van der Waals surface area contributed by atoms with Crippen LogP contribution < -0.4 is 5.32 Å². The zero-order chi connectivity index (χ0) is 21.1. The van der Waals surface area contributed by atoms with Crippen LogP contribution in [0.5, 0.6) is 0 Å². The third-order valence-electron chi connectivity index (χ3n) is 3.67. The minimum Gasteiger partial charge on any atom is -0.468 e. The molecule has 0 heterocycles. The van der Waals surface area contributed by atoms with Crippen LogP contribution >= 0.6 is 0 Å². The van der Waals surface area contributed by atoms with Crippen LogP contribution in [0.15, 0.2) is 30.3 Å². The summed E-state index contributed by atoms with van der Waals surface area (Å²) in [4.78, 5) is 36.4. The number of nitrogens with one attached hydrogen (secondary N) is 2. The molecule has 0 aliphatic heterocycles. The molecule has 1 rings (SSSR count). The van der Waals surface area contributed by atoms with Gasteiger partial charge in [0.25, 0.3) is 6.29 Å². The Labute approximate surface area is 164 Å². The van der Waals surface area contributed by atoms with Crippen LogP contribution in [0.3, 0.4) is 0 Å². The van der Waals surface area contributed by atoms with Gasteiger partial charge in [0.1, 0.15) is 6.54 Å². The third-order valence-corrected chi connectivity index (χ3v) is 3.67. The molecule has 9 heteroatoms. The molecule has 0 spiro atoms. The number of carbonyl (C=O) groups excluding carboxylic acids is 3. The Hall–Kier alpha value is -3.10. The Balaban J connectivity index is 2.49. The van der Waals surface area contributed by atoms with Gasteiger partial charge in [0, 0.05) is 19.4 Å². The van der Waals surface area contributed by atoms with Crippen LogP contribution in [0.1, 0.15) is 25.8 Å². The number of hydrogen-bond donors (Lipinski definition) is 2. The molecule has 1 atom stereocenters. The van der Waals surface area contributed by atoms with Crippen molar-refractivity contribution in [1.29, 1.82) is 5.41 Å². The van der Waals surface area contributed by atoms with Crippen LogP contribution in [-0.4, -0.2) is 55.9 Å². The topological polar surface area (TPSA) is 118 Å². The van der Waals surface area contributed by atoms with Gasteiger partial charge in [-0.3, -0.25) is 20.3 Å². The SMILES string of the molecule is COC(=O)CN(C)C(=N)NC(=O)OC(OC(=O)CCc1ccccc1)C(C)C. The summed E-state index contributed by atoms with van der Waals surface area (Å²) in [7, 11) is 2.66. The van der Waals surface area contributed by atoms with Crippen LogP contribution in [0.4, 0.5) is 4.79 Å². The summed E-state index contributed by atoms with van der Waals surface area (Å²) < 4.78 is 14.9. The number of aryl methyl sites for hydroxylation is 1. The highest BCUT2D eigenvalue weighted by molar-refractivity contribution is 5.93. The number of nitrogens with zero attached hydrogens (tertiary/aromatic N) is 1.